The van der Waals surface area contributed by atoms with E-state index < -0.39 is 0 Å². The molecule has 0 saturated carbocycles. The van der Waals surface area contributed by atoms with Crippen LogP contribution in [0, 0.1) is 13.8 Å². The molecule has 106 valence electrons. The summed E-state index contributed by atoms with van der Waals surface area (Å²) in [4.78, 5) is 4.57. The number of rotatable bonds is 3. The summed E-state index contributed by atoms with van der Waals surface area (Å²) in [7, 11) is 1.91. The predicted octanol–water partition coefficient (Wildman–Crippen LogP) is 3.84. The zero-order valence-electron chi connectivity index (χ0n) is 12.5. The molecule has 0 atom stereocenters. The first-order valence-electron chi connectivity index (χ1n) is 6.93. The molecule has 0 aliphatic carbocycles. The van der Waals surface area contributed by atoms with E-state index in [1.807, 2.05) is 19.2 Å². The molecule has 0 aliphatic heterocycles. The highest BCUT2D eigenvalue weighted by Gasteiger charge is 2.09. The molecule has 3 rings (SSSR count). The van der Waals surface area contributed by atoms with Crippen LogP contribution in [0.3, 0.4) is 0 Å². The number of nitrogens with zero attached hydrogens (tertiary/aromatic N) is 3. The van der Waals surface area contributed by atoms with Crippen molar-refractivity contribution < 1.29 is 0 Å². The highest BCUT2D eigenvalue weighted by atomic mass is 15.4. The van der Waals surface area contributed by atoms with Crippen LogP contribution >= 0.6 is 0 Å². The lowest BCUT2D eigenvalue weighted by atomic mass is 10.1. The largest absolute Gasteiger partial charge is 0.323 e. The number of aryl methyl sites for hydroxylation is 3. The van der Waals surface area contributed by atoms with Gasteiger partial charge in [-0.15, -0.1) is 5.10 Å². The Bertz CT molecular complexity index is 739. The van der Waals surface area contributed by atoms with E-state index in [0.29, 0.717) is 5.95 Å². The third-order valence-corrected chi connectivity index (χ3v) is 3.38. The summed E-state index contributed by atoms with van der Waals surface area (Å²) in [6.07, 6.45) is 0. The lowest BCUT2D eigenvalue weighted by Crippen LogP contribution is -1.95. The molecular weight excluding hydrogens is 260 g/mol. The SMILES string of the molecule is Cc1ccc(Nc2nc(-c3ccc(C)cc3)n(C)n2)cc1. The molecule has 4 nitrogen and oxygen atoms in total. The molecule has 1 heterocycles. The van der Waals surface area contributed by atoms with Gasteiger partial charge in [-0.1, -0.05) is 47.5 Å². The average Bonchev–Trinajstić information content (AvgIpc) is 2.83. The Hall–Kier alpha value is -2.62. The van der Waals surface area contributed by atoms with Crippen LogP contribution in [0.1, 0.15) is 11.1 Å². The van der Waals surface area contributed by atoms with Crippen molar-refractivity contribution in [1.82, 2.24) is 14.8 Å². The topological polar surface area (TPSA) is 42.7 Å². The monoisotopic (exact) mass is 278 g/mol. The van der Waals surface area contributed by atoms with E-state index in [9.17, 15) is 0 Å². The van der Waals surface area contributed by atoms with E-state index >= 15 is 0 Å². The average molecular weight is 278 g/mol. The van der Waals surface area contributed by atoms with E-state index in [1.165, 1.54) is 11.1 Å². The van der Waals surface area contributed by atoms with Gasteiger partial charge in [0, 0.05) is 18.3 Å². The van der Waals surface area contributed by atoms with Crippen molar-refractivity contribution in [1.29, 1.82) is 0 Å². The lowest BCUT2D eigenvalue weighted by molar-refractivity contribution is 0.777. The second-order valence-corrected chi connectivity index (χ2v) is 5.24. The van der Waals surface area contributed by atoms with Crippen molar-refractivity contribution in [2.75, 3.05) is 5.32 Å². The van der Waals surface area contributed by atoms with Crippen molar-refractivity contribution in [3.05, 3.63) is 59.7 Å². The molecule has 0 radical (unpaired) electrons. The number of aromatic nitrogens is 3. The van der Waals surface area contributed by atoms with Crippen molar-refractivity contribution in [3.63, 3.8) is 0 Å². The van der Waals surface area contributed by atoms with E-state index in [-0.39, 0.29) is 0 Å². The summed E-state index contributed by atoms with van der Waals surface area (Å²) >= 11 is 0. The highest BCUT2D eigenvalue weighted by molar-refractivity contribution is 5.60. The molecule has 0 spiro atoms. The quantitative estimate of drug-likeness (QED) is 0.791. The second-order valence-electron chi connectivity index (χ2n) is 5.24. The molecule has 1 N–H and O–H groups in total. The van der Waals surface area contributed by atoms with Gasteiger partial charge in [0.15, 0.2) is 5.82 Å². The molecule has 1 aromatic heterocycles. The molecule has 0 fully saturated rings. The smallest absolute Gasteiger partial charge is 0.247 e. The van der Waals surface area contributed by atoms with Crippen molar-refractivity contribution in [2.45, 2.75) is 13.8 Å². The van der Waals surface area contributed by atoms with Gasteiger partial charge in [0.25, 0.3) is 0 Å². The molecule has 0 unspecified atom stereocenters. The minimum absolute atomic E-state index is 0.608. The number of benzene rings is 2. The zero-order valence-corrected chi connectivity index (χ0v) is 12.5. The summed E-state index contributed by atoms with van der Waals surface area (Å²) < 4.78 is 1.79. The molecule has 3 aromatic rings. The van der Waals surface area contributed by atoms with E-state index in [0.717, 1.165) is 17.1 Å². The Balaban J connectivity index is 1.87. The maximum atomic E-state index is 4.57. The lowest BCUT2D eigenvalue weighted by Gasteiger charge is -2.01. The van der Waals surface area contributed by atoms with Crippen molar-refractivity contribution in [3.8, 4) is 11.4 Å². The standard InChI is InChI=1S/C17H18N4/c1-12-4-8-14(9-5-12)16-19-17(20-21(16)3)18-15-10-6-13(2)7-11-15/h4-11H,1-3H3,(H,18,20). The minimum Gasteiger partial charge on any atom is -0.323 e. The van der Waals surface area contributed by atoms with Crippen molar-refractivity contribution in [2.24, 2.45) is 7.05 Å². The van der Waals surface area contributed by atoms with Gasteiger partial charge in [-0.25, -0.2) is 4.68 Å². The molecule has 0 bridgehead atoms. The maximum absolute atomic E-state index is 4.57. The highest BCUT2D eigenvalue weighted by Crippen LogP contribution is 2.20. The number of hydrogen-bond acceptors (Lipinski definition) is 3. The maximum Gasteiger partial charge on any atom is 0.247 e. The van der Waals surface area contributed by atoms with Gasteiger partial charge in [0.1, 0.15) is 0 Å². The van der Waals surface area contributed by atoms with Crippen LogP contribution in [0.5, 0.6) is 0 Å². The molecular formula is C17H18N4. The van der Waals surface area contributed by atoms with Gasteiger partial charge in [0.05, 0.1) is 0 Å². The molecule has 0 aliphatic rings. The third kappa shape index (κ3) is 2.94. The molecule has 0 saturated heterocycles. The summed E-state index contributed by atoms with van der Waals surface area (Å²) in [6, 6.07) is 16.5. The fourth-order valence-electron chi connectivity index (χ4n) is 2.16. The van der Waals surface area contributed by atoms with Crippen LogP contribution in [-0.2, 0) is 7.05 Å². The Morgan fingerprint density at radius 2 is 1.43 bits per heavy atom. The predicted molar refractivity (Wildman–Crippen MR) is 85.6 cm³/mol. The van der Waals surface area contributed by atoms with E-state index in [2.05, 4.69) is 65.6 Å². The Labute approximate surface area is 124 Å². The van der Waals surface area contributed by atoms with Crippen LogP contribution in [0.2, 0.25) is 0 Å². The van der Waals surface area contributed by atoms with Crippen LogP contribution in [0.15, 0.2) is 48.5 Å². The van der Waals surface area contributed by atoms with Crippen LogP contribution < -0.4 is 5.32 Å². The Morgan fingerprint density at radius 1 is 0.857 bits per heavy atom. The molecule has 4 heteroatoms. The van der Waals surface area contributed by atoms with Gasteiger partial charge < -0.3 is 5.32 Å². The summed E-state index contributed by atoms with van der Waals surface area (Å²) in [5, 5.41) is 7.65. The van der Waals surface area contributed by atoms with E-state index in [4.69, 9.17) is 0 Å². The normalized spacial score (nSPS) is 10.6. The fourth-order valence-corrected chi connectivity index (χ4v) is 2.16. The van der Waals surface area contributed by atoms with Gasteiger partial charge in [-0.3, -0.25) is 0 Å². The second kappa shape index (κ2) is 5.40. The fraction of sp³-hybridized carbons (Fsp3) is 0.176. The van der Waals surface area contributed by atoms with E-state index in [1.54, 1.807) is 4.68 Å². The first kappa shape index (κ1) is 13.4. The van der Waals surface area contributed by atoms with Gasteiger partial charge in [0.2, 0.25) is 5.95 Å². The third-order valence-electron chi connectivity index (χ3n) is 3.38. The van der Waals surface area contributed by atoms with Gasteiger partial charge in [-0.05, 0) is 26.0 Å². The number of nitrogens with one attached hydrogen (secondary N) is 1. The number of hydrogen-bond donors (Lipinski definition) is 1. The summed E-state index contributed by atoms with van der Waals surface area (Å²) in [5.41, 5.74) is 4.52. The minimum atomic E-state index is 0.608. The van der Waals surface area contributed by atoms with Crippen LogP contribution in [-0.4, -0.2) is 14.8 Å². The summed E-state index contributed by atoms with van der Waals surface area (Å²) in [5.74, 6) is 1.46. The summed E-state index contributed by atoms with van der Waals surface area (Å²) in [6.45, 7) is 4.14. The van der Waals surface area contributed by atoms with Crippen molar-refractivity contribution >= 4 is 11.6 Å². The Morgan fingerprint density at radius 3 is 2.05 bits per heavy atom. The molecule has 21 heavy (non-hydrogen) atoms. The van der Waals surface area contributed by atoms with Gasteiger partial charge >= 0.3 is 0 Å². The first-order chi connectivity index (χ1) is 10.1. The van der Waals surface area contributed by atoms with Gasteiger partial charge in [-0.2, -0.15) is 4.98 Å². The van der Waals surface area contributed by atoms with Crippen LogP contribution in [0.25, 0.3) is 11.4 Å². The van der Waals surface area contributed by atoms with Crippen LogP contribution in [0.4, 0.5) is 11.6 Å². The number of anilines is 2. The Kier molecular flexibility index (Phi) is 3.44. The molecule has 2 aromatic carbocycles. The molecule has 0 amide bonds. The zero-order chi connectivity index (χ0) is 14.8. The first-order valence-corrected chi connectivity index (χ1v) is 6.93.